The molecule has 0 radical (unpaired) electrons. The van der Waals surface area contributed by atoms with Gasteiger partial charge in [0.25, 0.3) is 0 Å². The minimum atomic E-state index is -0.572. The van der Waals surface area contributed by atoms with Crippen molar-refractivity contribution in [2.75, 3.05) is 13.2 Å². The summed E-state index contributed by atoms with van der Waals surface area (Å²) in [6.45, 7) is 7.85. The summed E-state index contributed by atoms with van der Waals surface area (Å²) in [7, 11) is 0. The summed E-state index contributed by atoms with van der Waals surface area (Å²) < 4.78 is 23.7. The first-order valence-electron chi connectivity index (χ1n) is 6.75. The normalized spacial score (nSPS) is 12.3. The average Bonchev–Trinajstić information content (AvgIpc) is 2.38. The van der Waals surface area contributed by atoms with Crippen molar-refractivity contribution in [3.05, 3.63) is 29.6 Å². The molecule has 0 aliphatic carbocycles. The molecule has 4 nitrogen and oxygen atoms in total. The Morgan fingerprint density at radius 2 is 2.10 bits per heavy atom. The van der Waals surface area contributed by atoms with Crippen molar-refractivity contribution in [2.24, 2.45) is 0 Å². The predicted octanol–water partition coefficient (Wildman–Crippen LogP) is 2.44. The zero-order valence-corrected chi connectivity index (χ0v) is 12.4. The highest BCUT2D eigenvalue weighted by Crippen LogP contribution is 2.18. The number of hydrogen-bond donors (Lipinski definition) is 1. The Hall–Kier alpha value is -1.62. The number of rotatable bonds is 7. The zero-order chi connectivity index (χ0) is 15.1. The van der Waals surface area contributed by atoms with Crippen LogP contribution < -0.4 is 10.1 Å². The van der Waals surface area contributed by atoms with E-state index in [2.05, 4.69) is 5.32 Å². The minimum Gasteiger partial charge on any atom is -0.491 e. The van der Waals surface area contributed by atoms with Crippen LogP contribution in [0.25, 0.3) is 0 Å². The van der Waals surface area contributed by atoms with E-state index in [0.717, 1.165) is 5.56 Å². The topological polar surface area (TPSA) is 47.6 Å². The van der Waals surface area contributed by atoms with Gasteiger partial charge in [0.2, 0.25) is 0 Å². The Balaban J connectivity index is 2.70. The summed E-state index contributed by atoms with van der Waals surface area (Å²) in [5.41, 5.74) is 0.818. The van der Waals surface area contributed by atoms with E-state index in [1.54, 1.807) is 13.0 Å². The quantitative estimate of drug-likeness (QED) is 0.781. The van der Waals surface area contributed by atoms with Crippen LogP contribution in [0.5, 0.6) is 5.75 Å². The van der Waals surface area contributed by atoms with Gasteiger partial charge in [-0.05, 0) is 25.5 Å². The zero-order valence-electron chi connectivity index (χ0n) is 12.4. The van der Waals surface area contributed by atoms with Crippen molar-refractivity contribution in [1.82, 2.24) is 5.32 Å². The summed E-state index contributed by atoms with van der Waals surface area (Å²) in [4.78, 5) is 11.8. The molecule has 0 amide bonds. The van der Waals surface area contributed by atoms with E-state index >= 15 is 0 Å². The molecular weight excluding hydrogens is 261 g/mol. The van der Waals surface area contributed by atoms with Gasteiger partial charge in [-0.15, -0.1) is 0 Å². The van der Waals surface area contributed by atoms with Gasteiger partial charge in [-0.25, -0.2) is 4.39 Å². The van der Waals surface area contributed by atoms with Gasteiger partial charge in [0.05, 0.1) is 6.61 Å². The highest BCUT2D eigenvalue weighted by atomic mass is 19.1. The first kappa shape index (κ1) is 16.4. The van der Waals surface area contributed by atoms with Crippen LogP contribution in [0.3, 0.4) is 0 Å². The number of nitrogens with one attached hydrogen (secondary N) is 1. The summed E-state index contributed by atoms with van der Waals surface area (Å²) in [6, 6.07) is 3.86. The largest absolute Gasteiger partial charge is 0.491 e. The molecule has 5 heteroatoms. The van der Waals surface area contributed by atoms with Gasteiger partial charge < -0.3 is 9.47 Å². The maximum Gasteiger partial charge on any atom is 0.326 e. The van der Waals surface area contributed by atoms with Crippen molar-refractivity contribution in [2.45, 2.75) is 39.8 Å². The molecule has 0 aliphatic heterocycles. The number of benzene rings is 1. The number of hydrogen-bond acceptors (Lipinski definition) is 4. The molecule has 0 fully saturated rings. The molecule has 0 aromatic heterocycles. The van der Waals surface area contributed by atoms with Crippen molar-refractivity contribution in [3.8, 4) is 5.75 Å². The lowest BCUT2D eigenvalue weighted by molar-refractivity contribution is -0.146. The molecule has 20 heavy (non-hydrogen) atoms. The number of halogens is 1. The molecule has 112 valence electrons. The van der Waals surface area contributed by atoms with Gasteiger partial charge >= 0.3 is 5.97 Å². The number of ether oxygens (including phenoxy) is 2. The van der Waals surface area contributed by atoms with Crippen molar-refractivity contribution in [1.29, 1.82) is 0 Å². The van der Waals surface area contributed by atoms with Crippen LogP contribution in [0.15, 0.2) is 18.2 Å². The van der Waals surface area contributed by atoms with Crippen molar-refractivity contribution in [3.63, 3.8) is 0 Å². The van der Waals surface area contributed by atoms with Crippen LogP contribution in [0.1, 0.15) is 26.3 Å². The monoisotopic (exact) mass is 283 g/mol. The first-order valence-corrected chi connectivity index (χ1v) is 6.75. The van der Waals surface area contributed by atoms with E-state index in [1.807, 2.05) is 20.8 Å². The van der Waals surface area contributed by atoms with Gasteiger partial charge in [0, 0.05) is 12.1 Å². The fourth-order valence-corrected chi connectivity index (χ4v) is 1.73. The number of aryl methyl sites for hydroxylation is 1. The molecule has 0 aliphatic rings. The maximum atomic E-state index is 13.2. The first-order chi connectivity index (χ1) is 9.43. The Bertz CT molecular complexity index is 449. The van der Waals surface area contributed by atoms with E-state index in [1.165, 1.54) is 12.1 Å². The van der Waals surface area contributed by atoms with E-state index in [4.69, 9.17) is 9.47 Å². The van der Waals surface area contributed by atoms with Crippen molar-refractivity contribution < 1.29 is 18.7 Å². The van der Waals surface area contributed by atoms with Crippen LogP contribution in [0.2, 0.25) is 0 Å². The summed E-state index contributed by atoms with van der Waals surface area (Å²) in [6.07, 6.45) is 0. The fraction of sp³-hybridized carbons (Fsp3) is 0.533. The molecule has 1 aromatic carbocycles. The Morgan fingerprint density at radius 3 is 2.70 bits per heavy atom. The Morgan fingerprint density at radius 1 is 1.40 bits per heavy atom. The highest BCUT2D eigenvalue weighted by molar-refractivity contribution is 5.76. The fourth-order valence-electron chi connectivity index (χ4n) is 1.73. The maximum absolute atomic E-state index is 13.2. The number of carbonyl (C=O) groups excluding carboxylic acids is 1. The highest BCUT2D eigenvalue weighted by Gasteiger charge is 2.21. The molecule has 1 aromatic rings. The van der Waals surface area contributed by atoms with Crippen LogP contribution in [-0.4, -0.2) is 31.3 Å². The second-order valence-corrected chi connectivity index (χ2v) is 4.85. The molecule has 0 bridgehead atoms. The van der Waals surface area contributed by atoms with Crippen molar-refractivity contribution >= 4 is 5.97 Å². The lowest BCUT2D eigenvalue weighted by Crippen LogP contribution is -2.45. The summed E-state index contributed by atoms with van der Waals surface area (Å²) >= 11 is 0. The molecule has 0 heterocycles. The van der Waals surface area contributed by atoms with E-state index < -0.39 is 6.04 Å². The second-order valence-electron chi connectivity index (χ2n) is 4.85. The molecule has 1 rings (SSSR count). The number of carbonyl (C=O) groups is 1. The van der Waals surface area contributed by atoms with Gasteiger partial charge in [-0.1, -0.05) is 19.9 Å². The van der Waals surface area contributed by atoms with Gasteiger partial charge in [-0.3, -0.25) is 10.1 Å². The lowest BCUT2D eigenvalue weighted by atomic mass is 10.2. The van der Waals surface area contributed by atoms with E-state index in [-0.39, 0.29) is 24.4 Å². The van der Waals surface area contributed by atoms with Crippen LogP contribution in [0, 0.1) is 12.7 Å². The lowest BCUT2D eigenvalue weighted by Gasteiger charge is -2.20. The number of esters is 1. The predicted molar refractivity (Wildman–Crippen MR) is 75.3 cm³/mol. The van der Waals surface area contributed by atoms with Crippen LogP contribution in [0.4, 0.5) is 4.39 Å². The van der Waals surface area contributed by atoms with Gasteiger partial charge in [-0.2, -0.15) is 0 Å². The molecule has 1 atom stereocenters. The smallest absolute Gasteiger partial charge is 0.326 e. The third kappa shape index (κ3) is 5.17. The third-order valence-corrected chi connectivity index (χ3v) is 2.66. The van der Waals surface area contributed by atoms with E-state index in [0.29, 0.717) is 12.4 Å². The standard InChI is InChI=1S/C15H22FNO3/c1-5-19-15(18)13(17-10(2)3)9-20-14-8-12(16)7-6-11(14)4/h6-8,10,13,17H,5,9H2,1-4H3. The van der Waals surface area contributed by atoms with E-state index in [9.17, 15) is 9.18 Å². The molecular formula is C15H22FNO3. The SMILES string of the molecule is CCOC(=O)C(COc1cc(F)ccc1C)NC(C)C. The van der Waals surface area contributed by atoms with Crippen LogP contribution >= 0.6 is 0 Å². The molecule has 1 unspecified atom stereocenters. The molecule has 1 N–H and O–H groups in total. The summed E-state index contributed by atoms with van der Waals surface area (Å²) in [5.74, 6) is -0.296. The third-order valence-electron chi connectivity index (χ3n) is 2.66. The Kier molecular flexibility index (Phi) is 6.45. The van der Waals surface area contributed by atoms with Gasteiger partial charge in [0.15, 0.2) is 0 Å². The van der Waals surface area contributed by atoms with Crippen LogP contribution in [-0.2, 0) is 9.53 Å². The summed E-state index contributed by atoms with van der Waals surface area (Å²) in [5, 5.41) is 3.08. The Labute approximate surface area is 119 Å². The van der Waals surface area contributed by atoms with Gasteiger partial charge in [0.1, 0.15) is 24.2 Å². The average molecular weight is 283 g/mol. The molecule has 0 saturated heterocycles. The molecule has 0 saturated carbocycles. The molecule has 0 spiro atoms. The minimum absolute atomic E-state index is 0.0985. The second kappa shape index (κ2) is 7.85.